The fourth-order valence-electron chi connectivity index (χ4n) is 3.75. The van der Waals surface area contributed by atoms with Gasteiger partial charge in [-0.3, -0.25) is 19.1 Å². The Morgan fingerprint density at radius 2 is 1.93 bits per heavy atom. The number of alkyl halides is 3. The van der Waals surface area contributed by atoms with E-state index in [-0.39, 0.29) is 29.2 Å². The summed E-state index contributed by atoms with van der Waals surface area (Å²) in [6, 6.07) is 0.661. The lowest BCUT2D eigenvalue weighted by Crippen LogP contribution is -2.40. The zero-order valence-corrected chi connectivity index (χ0v) is 22.3. The van der Waals surface area contributed by atoms with Crippen LogP contribution in [0.15, 0.2) is 44.3 Å². The Labute approximate surface area is 226 Å². The van der Waals surface area contributed by atoms with Gasteiger partial charge in [0, 0.05) is 30.4 Å². The van der Waals surface area contributed by atoms with Crippen molar-refractivity contribution in [1.29, 1.82) is 0 Å². The molecule has 5 aromatic rings. The van der Waals surface area contributed by atoms with Gasteiger partial charge in [0.1, 0.15) is 23.3 Å². The van der Waals surface area contributed by atoms with Crippen molar-refractivity contribution in [2.75, 3.05) is 0 Å². The van der Waals surface area contributed by atoms with Crippen LogP contribution in [0.4, 0.5) is 13.2 Å². The highest BCUT2D eigenvalue weighted by atomic mass is 32.1. The van der Waals surface area contributed by atoms with Gasteiger partial charge in [-0.2, -0.15) is 18.2 Å². The van der Waals surface area contributed by atoms with Crippen molar-refractivity contribution in [1.82, 2.24) is 38.8 Å². The van der Waals surface area contributed by atoms with E-state index in [2.05, 4.69) is 25.1 Å². The number of fused-ring (bicyclic) bond motifs is 1. The van der Waals surface area contributed by atoms with E-state index >= 15 is 0 Å². The van der Waals surface area contributed by atoms with Gasteiger partial charge in [-0.25, -0.2) is 19.3 Å². The molecule has 5 heterocycles. The number of aromatic nitrogens is 8. The fraction of sp³-hybridized carbons (Fsp3) is 0.304. The van der Waals surface area contributed by atoms with Gasteiger partial charge in [0.2, 0.25) is 11.8 Å². The summed E-state index contributed by atoms with van der Waals surface area (Å²) in [7, 11) is 1.48. The smallest absolute Gasteiger partial charge is 0.368 e. The summed E-state index contributed by atoms with van der Waals surface area (Å²) in [5.41, 5.74) is 4.25. The highest BCUT2D eigenvalue weighted by Crippen LogP contribution is 2.32. The lowest BCUT2D eigenvalue weighted by Gasteiger charge is -2.11. The molecule has 5 rings (SSSR count). The molecule has 0 saturated carbocycles. The zero-order chi connectivity index (χ0) is 29.4. The molecule has 0 aliphatic rings. The summed E-state index contributed by atoms with van der Waals surface area (Å²) < 4.78 is 45.8. The van der Waals surface area contributed by atoms with E-state index in [9.17, 15) is 27.6 Å². The number of amides is 1. The first-order chi connectivity index (χ1) is 18.8. The molecule has 0 radical (unpaired) electrons. The van der Waals surface area contributed by atoms with Crippen LogP contribution in [-0.4, -0.2) is 44.7 Å². The number of rotatable bonds is 5. The molecular weight excluding hydrogens is 555 g/mol. The third-order valence-electron chi connectivity index (χ3n) is 5.78. The molecule has 0 aromatic carbocycles. The molecule has 210 valence electrons. The monoisotopic (exact) mass is 577 g/mol. The average molecular weight is 578 g/mol. The molecule has 0 aliphatic carbocycles. The summed E-state index contributed by atoms with van der Waals surface area (Å²) in [6.07, 6.45) is -0.282. The van der Waals surface area contributed by atoms with Gasteiger partial charge >= 0.3 is 11.9 Å². The molecule has 1 atom stereocenters. The minimum atomic E-state index is -4.40. The Morgan fingerprint density at radius 3 is 2.48 bits per heavy atom. The number of imidazole rings is 1. The lowest BCUT2D eigenvalue weighted by molar-refractivity contribution is -0.141. The van der Waals surface area contributed by atoms with Crippen LogP contribution in [0.2, 0.25) is 0 Å². The predicted molar refractivity (Wildman–Crippen MR) is 136 cm³/mol. The summed E-state index contributed by atoms with van der Waals surface area (Å²) in [5, 5.41) is 6.06. The van der Waals surface area contributed by atoms with Crippen molar-refractivity contribution in [2.24, 2.45) is 12.8 Å². The lowest BCUT2D eigenvalue weighted by atomic mass is 10.1. The molecule has 40 heavy (non-hydrogen) atoms. The Morgan fingerprint density at radius 1 is 1.20 bits per heavy atom. The summed E-state index contributed by atoms with van der Waals surface area (Å²) >= 11 is 1.37. The summed E-state index contributed by atoms with van der Waals surface area (Å²) in [6.45, 7) is 4.38. The van der Waals surface area contributed by atoms with Crippen LogP contribution in [0.5, 0.6) is 0 Å². The SMILES string of the molecule is Cc1cc(-c2nccs2)cnc1C(F)(F)F.Cc1noc(Cn2c(=O)c3c(ncn3[C@@H](C)C(N)=O)n(C)c2=O)n1. The summed E-state index contributed by atoms with van der Waals surface area (Å²) in [5.74, 6) is -0.106. The van der Waals surface area contributed by atoms with Crippen molar-refractivity contribution in [3.05, 3.63) is 74.0 Å². The summed E-state index contributed by atoms with van der Waals surface area (Å²) in [4.78, 5) is 52.1. The molecule has 1 amide bonds. The number of hydrogen-bond donors (Lipinski definition) is 1. The first-order valence-electron chi connectivity index (χ1n) is 11.5. The van der Waals surface area contributed by atoms with E-state index in [0.717, 1.165) is 4.57 Å². The number of primary amides is 1. The Bertz CT molecular complexity index is 1800. The molecule has 0 saturated heterocycles. The quantitative estimate of drug-likeness (QED) is 0.329. The van der Waals surface area contributed by atoms with Crippen molar-refractivity contribution >= 4 is 28.4 Å². The maximum atomic E-state index is 12.8. The van der Waals surface area contributed by atoms with Crippen molar-refractivity contribution in [2.45, 2.75) is 39.5 Å². The molecule has 0 fully saturated rings. The van der Waals surface area contributed by atoms with Gasteiger partial charge in [-0.15, -0.1) is 11.3 Å². The maximum Gasteiger partial charge on any atom is 0.433 e. The number of carbonyl (C=O) groups is 1. The minimum absolute atomic E-state index is 0.0969. The van der Waals surface area contributed by atoms with Crippen LogP contribution in [0.1, 0.15) is 35.9 Å². The van der Waals surface area contributed by atoms with E-state index in [4.69, 9.17) is 10.3 Å². The van der Waals surface area contributed by atoms with Gasteiger partial charge in [-0.05, 0) is 32.4 Å². The number of thiazole rings is 1. The van der Waals surface area contributed by atoms with Crippen molar-refractivity contribution in [3.8, 4) is 10.6 Å². The molecular formula is C23H22F3N9O4S. The molecule has 5 aromatic heterocycles. The molecule has 13 nitrogen and oxygen atoms in total. The Balaban J connectivity index is 0.000000201. The van der Waals surface area contributed by atoms with E-state index < -0.39 is 35.1 Å². The standard InChI is InChI=1S/C13H15N7O4.C10H7F3N2S/c1-6(10(14)21)20-5-15-11-9(20)12(22)19(13(23)18(11)3)4-8-16-7(2)17-24-8;1-6-4-7(9-14-2-3-16-9)5-15-8(6)10(11,12)13/h5-6H,4H2,1-3H3,(H2,14,21);2-5H,1H3/t6-;/m0./s1. The number of halogens is 3. The molecule has 0 spiro atoms. The molecule has 2 N–H and O–H groups in total. The first-order valence-corrected chi connectivity index (χ1v) is 12.4. The maximum absolute atomic E-state index is 12.8. The van der Waals surface area contributed by atoms with E-state index in [1.54, 1.807) is 25.4 Å². The normalized spacial score (nSPS) is 12.3. The van der Waals surface area contributed by atoms with Crippen LogP contribution >= 0.6 is 11.3 Å². The largest absolute Gasteiger partial charge is 0.433 e. The number of carbonyl (C=O) groups excluding carboxylic acids is 1. The number of nitrogens with two attached hydrogens (primary N) is 1. The predicted octanol–water partition coefficient (Wildman–Crippen LogP) is 2.22. The number of hydrogen-bond acceptors (Lipinski definition) is 10. The van der Waals surface area contributed by atoms with Crippen molar-refractivity contribution < 1.29 is 22.5 Å². The molecule has 0 unspecified atom stereocenters. The number of aryl methyl sites for hydroxylation is 3. The van der Waals surface area contributed by atoms with Crippen LogP contribution < -0.4 is 17.0 Å². The average Bonchev–Trinajstić information content (AvgIpc) is 3.65. The van der Waals surface area contributed by atoms with Gasteiger partial charge < -0.3 is 14.8 Å². The number of nitrogens with zero attached hydrogens (tertiary/aromatic N) is 8. The van der Waals surface area contributed by atoms with Gasteiger partial charge in [-0.1, -0.05) is 5.16 Å². The highest BCUT2D eigenvalue weighted by Gasteiger charge is 2.34. The topological polar surface area (TPSA) is 170 Å². The third-order valence-corrected chi connectivity index (χ3v) is 6.60. The minimum Gasteiger partial charge on any atom is -0.368 e. The van der Waals surface area contributed by atoms with Gasteiger partial charge in [0.15, 0.2) is 17.0 Å². The highest BCUT2D eigenvalue weighted by molar-refractivity contribution is 7.13. The second-order valence-corrected chi connectivity index (χ2v) is 9.49. The zero-order valence-electron chi connectivity index (χ0n) is 21.5. The van der Waals surface area contributed by atoms with Crippen LogP contribution in [0, 0.1) is 13.8 Å². The van der Waals surface area contributed by atoms with E-state index in [1.165, 1.54) is 53.0 Å². The molecule has 17 heteroatoms. The Kier molecular flexibility index (Phi) is 7.68. The van der Waals surface area contributed by atoms with Crippen molar-refractivity contribution in [3.63, 3.8) is 0 Å². The first kappa shape index (κ1) is 28.3. The Hall–Kier alpha value is -4.67. The van der Waals surface area contributed by atoms with Crippen LogP contribution in [0.25, 0.3) is 21.7 Å². The number of pyridine rings is 1. The fourth-order valence-corrected chi connectivity index (χ4v) is 4.37. The van der Waals surface area contributed by atoms with E-state index in [1.807, 2.05) is 0 Å². The second kappa shape index (κ2) is 10.8. The molecule has 0 aliphatic heterocycles. The molecule has 0 bridgehead atoms. The third kappa shape index (κ3) is 5.54. The van der Waals surface area contributed by atoms with Gasteiger partial charge in [0.25, 0.3) is 5.56 Å². The second-order valence-electron chi connectivity index (χ2n) is 8.60. The van der Waals surface area contributed by atoms with Crippen LogP contribution in [0.3, 0.4) is 0 Å². The van der Waals surface area contributed by atoms with E-state index in [0.29, 0.717) is 16.4 Å². The van der Waals surface area contributed by atoms with Gasteiger partial charge in [0.05, 0.1) is 6.33 Å². The van der Waals surface area contributed by atoms with Crippen LogP contribution in [-0.2, 0) is 24.6 Å².